The Labute approximate surface area is 102 Å². The SMILES string of the molecule is CC[C@](C)(C#N)NC(=O)Cc1ccc(C)cc1. The molecule has 0 aliphatic carbocycles. The van der Waals surface area contributed by atoms with Crippen LogP contribution in [0.1, 0.15) is 31.4 Å². The van der Waals surface area contributed by atoms with Gasteiger partial charge in [0.15, 0.2) is 0 Å². The van der Waals surface area contributed by atoms with E-state index >= 15 is 0 Å². The van der Waals surface area contributed by atoms with E-state index in [2.05, 4.69) is 11.4 Å². The molecule has 0 aliphatic heterocycles. The summed E-state index contributed by atoms with van der Waals surface area (Å²) in [5, 5.41) is 11.7. The van der Waals surface area contributed by atoms with Gasteiger partial charge in [0.05, 0.1) is 12.5 Å². The van der Waals surface area contributed by atoms with E-state index in [1.54, 1.807) is 6.92 Å². The van der Waals surface area contributed by atoms with E-state index in [1.807, 2.05) is 38.1 Å². The predicted molar refractivity (Wildman–Crippen MR) is 67.3 cm³/mol. The molecule has 17 heavy (non-hydrogen) atoms. The molecule has 90 valence electrons. The molecule has 1 atom stereocenters. The second-order valence-electron chi connectivity index (χ2n) is 4.51. The predicted octanol–water partition coefficient (Wildman–Crippen LogP) is 2.35. The number of nitrogens with zero attached hydrogens (tertiary/aromatic N) is 1. The van der Waals surface area contributed by atoms with Gasteiger partial charge in [0.25, 0.3) is 0 Å². The van der Waals surface area contributed by atoms with E-state index in [0.717, 1.165) is 5.56 Å². The maximum Gasteiger partial charge on any atom is 0.225 e. The Hall–Kier alpha value is -1.82. The Morgan fingerprint density at radius 2 is 2.00 bits per heavy atom. The number of carbonyl (C=O) groups is 1. The Kier molecular flexibility index (Phi) is 4.28. The van der Waals surface area contributed by atoms with Gasteiger partial charge in [-0.05, 0) is 25.8 Å². The van der Waals surface area contributed by atoms with Gasteiger partial charge in [-0.2, -0.15) is 5.26 Å². The minimum absolute atomic E-state index is 0.111. The molecule has 1 amide bonds. The Morgan fingerprint density at radius 3 is 2.47 bits per heavy atom. The number of amides is 1. The monoisotopic (exact) mass is 230 g/mol. The van der Waals surface area contributed by atoms with E-state index < -0.39 is 5.54 Å². The van der Waals surface area contributed by atoms with Crippen molar-refractivity contribution in [3.63, 3.8) is 0 Å². The maximum absolute atomic E-state index is 11.8. The molecule has 0 saturated carbocycles. The largest absolute Gasteiger partial charge is 0.338 e. The van der Waals surface area contributed by atoms with Crippen LogP contribution in [0.3, 0.4) is 0 Å². The van der Waals surface area contributed by atoms with Crippen LogP contribution in [0.2, 0.25) is 0 Å². The first-order chi connectivity index (χ1) is 7.99. The summed E-state index contributed by atoms with van der Waals surface area (Å²) in [5.41, 5.74) is 1.37. The minimum atomic E-state index is -0.762. The lowest BCUT2D eigenvalue weighted by Crippen LogP contribution is -2.44. The third kappa shape index (κ3) is 3.92. The van der Waals surface area contributed by atoms with Crippen LogP contribution >= 0.6 is 0 Å². The summed E-state index contributed by atoms with van der Waals surface area (Å²) < 4.78 is 0. The van der Waals surface area contributed by atoms with Crippen LogP contribution in [0.15, 0.2) is 24.3 Å². The van der Waals surface area contributed by atoms with Gasteiger partial charge in [-0.1, -0.05) is 36.8 Å². The third-order valence-electron chi connectivity index (χ3n) is 2.85. The fourth-order valence-corrected chi connectivity index (χ4v) is 1.44. The van der Waals surface area contributed by atoms with E-state index in [1.165, 1.54) is 5.56 Å². The molecule has 0 aromatic heterocycles. The fourth-order valence-electron chi connectivity index (χ4n) is 1.44. The number of carbonyl (C=O) groups excluding carboxylic acids is 1. The zero-order chi connectivity index (χ0) is 12.9. The molecule has 0 spiro atoms. The molecule has 0 fully saturated rings. The van der Waals surface area contributed by atoms with Gasteiger partial charge >= 0.3 is 0 Å². The molecule has 0 heterocycles. The quantitative estimate of drug-likeness (QED) is 0.863. The van der Waals surface area contributed by atoms with Crippen LogP contribution in [0, 0.1) is 18.3 Å². The molecule has 0 bridgehead atoms. The van der Waals surface area contributed by atoms with Gasteiger partial charge in [0, 0.05) is 0 Å². The molecule has 0 saturated heterocycles. The Morgan fingerprint density at radius 1 is 1.41 bits per heavy atom. The first-order valence-electron chi connectivity index (χ1n) is 5.77. The van der Waals surface area contributed by atoms with Gasteiger partial charge < -0.3 is 5.32 Å². The molecular weight excluding hydrogens is 212 g/mol. The molecule has 1 rings (SSSR count). The number of aryl methyl sites for hydroxylation is 1. The summed E-state index contributed by atoms with van der Waals surface area (Å²) >= 11 is 0. The van der Waals surface area contributed by atoms with Gasteiger partial charge in [-0.3, -0.25) is 4.79 Å². The van der Waals surface area contributed by atoms with Crippen molar-refractivity contribution in [2.45, 2.75) is 39.2 Å². The molecule has 1 aromatic carbocycles. The normalized spacial score (nSPS) is 13.5. The standard InChI is InChI=1S/C14H18N2O/c1-4-14(3,10-15)16-13(17)9-12-7-5-11(2)6-8-12/h5-8H,4,9H2,1-3H3,(H,16,17)/t14-/m1/s1. The molecule has 0 unspecified atom stereocenters. The van der Waals surface area contributed by atoms with E-state index in [9.17, 15) is 4.79 Å². The van der Waals surface area contributed by atoms with Crippen molar-refractivity contribution in [1.29, 1.82) is 5.26 Å². The second-order valence-corrected chi connectivity index (χ2v) is 4.51. The summed E-state index contributed by atoms with van der Waals surface area (Å²) in [6.45, 7) is 5.63. The van der Waals surface area contributed by atoms with Gasteiger partial charge in [0.1, 0.15) is 5.54 Å². The minimum Gasteiger partial charge on any atom is -0.338 e. The topological polar surface area (TPSA) is 52.9 Å². The van der Waals surface area contributed by atoms with Gasteiger partial charge in [-0.25, -0.2) is 0 Å². The van der Waals surface area contributed by atoms with Crippen molar-refractivity contribution in [3.05, 3.63) is 35.4 Å². The first-order valence-corrected chi connectivity index (χ1v) is 5.77. The number of nitriles is 1. The number of hydrogen-bond donors (Lipinski definition) is 1. The van der Waals surface area contributed by atoms with Crippen LogP contribution in [0.4, 0.5) is 0 Å². The van der Waals surface area contributed by atoms with Crippen LogP contribution in [0.5, 0.6) is 0 Å². The average Bonchev–Trinajstić information content (AvgIpc) is 2.32. The van der Waals surface area contributed by atoms with Crippen molar-refractivity contribution >= 4 is 5.91 Å². The molecule has 0 radical (unpaired) electrons. The Bertz CT molecular complexity index is 431. The van der Waals surface area contributed by atoms with E-state index in [4.69, 9.17) is 5.26 Å². The summed E-state index contributed by atoms with van der Waals surface area (Å²) in [6.07, 6.45) is 0.917. The molecule has 3 nitrogen and oxygen atoms in total. The number of nitrogens with one attached hydrogen (secondary N) is 1. The van der Waals surface area contributed by atoms with Crippen LogP contribution in [-0.4, -0.2) is 11.4 Å². The highest BCUT2D eigenvalue weighted by atomic mass is 16.1. The van der Waals surface area contributed by atoms with E-state index in [0.29, 0.717) is 12.8 Å². The van der Waals surface area contributed by atoms with Crippen molar-refractivity contribution in [2.24, 2.45) is 0 Å². The third-order valence-corrected chi connectivity index (χ3v) is 2.85. The summed E-state index contributed by atoms with van der Waals surface area (Å²) in [5.74, 6) is -0.111. The van der Waals surface area contributed by atoms with Crippen molar-refractivity contribution in [2.75, 3.05) is 0 Å². The smallest absolute Gasteiger partial charge is 0.225 e. The molecule has 0 aliphatic rings. The van der Waals surface area contributed by atoms with Crippen molar-refractivity contribution in [1.82, 2.24) is 5.32 Å². The maximum atomic E-state index is 11.8. The van der Waals surface area contributed by atoms with Crippen molar-refractivity contribution < 1.29 is 4.79 Å². The lowest BCUT2D eigenvalue weighted by Gasteiger charge is -2.21. The zero-order valence-corrected chi connectivity index (χ0v) is 10.6. The summed E-state index contributed by atoms with van der Waals surface area (Å²) in [6, 6.07) is 9.95. The first kappa shape index (κ1) is 13.2. The van der Waals surface area contributed by atoms with Crippen LogP contribution < -0.4 is 5.32 Å². The summed E-state index contributed by atoms with van der Waals surface area (Å²) in [4.78, 5) is 11.8. The van der Waals surface area contributed by atoms with Gasteiger partial charge in [0.2, 0.25) is 5.91 Å². The zero-order valence-electron chi connectivity index (χ0n) is 10.6. The number of benzene rings is 1. The molecular formula is C14H18N2O. The van der Waals surface area contributed by atoms with E-state index in [-0.39, 0.29) is 5.91 Å². The van der Waals surface area contributed by atoms with Crippen molar-refractivity contribution in [3.8, 4) is 6.07 Å². The molecule has 1 aromatic rings. The van der Waals surface area contributed by atoms with Gasteiger partial charge in [-0.15, -0.1) is 0 Å². The number of hydrogen-bond acceptors (Lipinski definition) is 2. The summed E-state index contributed by atoms with van der Waals surface area (Å²) in [7, 11) is 0. The highest BCUT2D eigenvalue weighted by Gasteiger charge is 2.23. The number of rotatable bonds is 4. The lowest BCUT2D eigenvalue weighted by molar-refractivity contribution is -0.121. The van der Waals surface area contributed by atoms with Crippen LogP contribution in [0.25, 0.3) is 0 Å². The average molecular weight is 230 g/mol. The lowest BCUT2D eigenvalue weighted by atomic mass is 10.0. The highest BCUT2D eigenvalue weighted by Crippen LogP contribution is 2.09. The molecule has 3 heteroatoms. The fraction of sp³-hybridized carbons (Fsp3) is 0.429. The Balaban J connectivity index is 2.62. The molecule has 1 N–H and O–H groups in total. The second kappa shape index (κ2) is 5.49. The highest BCUT2D eigenvalue weighted by molar-refractivity contribution is 5.79. The van der Waals surface area contributed by atoms with Crippen LogP contribution in [-0.2, 0) is 11.2 Å².